The Morgan fingerprint density at radius 3 is 2.81 bits per heavy atom. The second-order valence-electron chi connectivity index (χ2n) is 6.13. The third kappa shape index (κ3) is 2.39. The van der Waals surface area contributed by atoms with E-state index >= 15 is 0 Å². The van der Waals surface area contributed by atoms with Crippen molar-refractivity contribution in [2.45, 2.75) is 18.9 Å². The quantitative estimate of drug-likeness (QED) is 0.866. The molecule has 1 amide bonds. The zero-order valence-corrected chi connectivity index (χ0v) is 11.8. The van der Waals surface area contributed by atoms with Gasteiger partial charge in [-0.3, -0.25) is 4.79 Å². The molecular weight excluding hydrogens is 266 g/mol. The van der Waals surface area contributed by atoms with Crippen LogP contribution in [0.5, 0.6) is 11.5 Å². The maximum absolute atomic E-state index is 12.3. The monoisotopic (exact) mass is 285 g/mol. The molecule has 1 aliphatic heterocycles. The molecule has 1 aromatic rings. The zero-order chi connectivity index (χ0) is 14.2. The van der Waals surface area contributed by atoms with Gasteiger partial charge in [0.05, 0.1) is 6.54 Å². The van der Waals surface area contributed by atoms with Gasteiger partial charge >= 0.3 is 0 Å². The number of ether oxygens (including phenoxy) is 2. The van der Waals surface area contributed by atoms with Crippen LogP contribution in [0.3, 0.4) is 0 Å². The number of nitrogens with one attached hydrogen (secondary N) is 1. The lowest BCUT2D eigenvalue weighted by Gasteiger charge is -2.27. The molecule has 4 atom stereocenters. The van der Waals surface area contributed by atoms with Crippen LogP contribution in [0.15, 0.2) is 36.4 Å². The molecule has 4 heteroatoms. The van der Waals surface area contributed by atoms with Crippen molar-refractivity contribution >= 4 is 5.91 Å². The summed E-state index contributed by atoms with van der Waals surface area (Å²) in [6.07, 6.45) is 6.49. The number of amides is 1. The van der Waals surface area contributed by atoms with E-state index in [1.54, 1.807) is 0 Å². The third-order valence-electron chi connectivity index (χ3n) is 4.69. The van der Waals surface area contributed by atoms with E-state index in [-0.39, 0.29) is 17.9 Å². The smallest absolute Gasteiger partial charge is 0.223 e. The molecule has 1 heterocycles. The van der Waals surface area contributed by atoms with Gasteiger partial charge in [-0.05, 0) is 36.8 Å². The second kappa shape index (κ2) is 5.10. The predicted molar refractivity (Wildman–Crippen MR) is 78.2 cm³/mol. The van der Waals surface area contributed by atoms with Gasteiger partial charge in [-0.15, -0.1) is 0 Å². The largest absolute Gasteiger partial charge is 0.486 e. The van der Waals surface area contributed by atoms with Crippen LogP contribution in [0.1, 0.15) is 12.8 Å². The number of rotatable bonds is 3. The SMILES string of the molecule is O=C(NCC1COc2ccccc2O1)C1CC2C=CC1C2. The first-order chi connectivity index (χ1) is 10.3. The number of carbonyl (C=O) groups is 1. The van der Waals surface area contributed by atoms with Gasteiger partial charge in [-0.25, -0.2) is 0 Å². The Morgan fingerprint density at radius 1 is 1.19 bits per heavy atom. The lowest BCUT2D eigenvalue weighted by molar-refractivity contribution is -0.126. The van der Waals surface area contributed by atoms with Crippen LogP contribution in [0.4, 0.5) is 0 Å². The summed E-state index contributed by atoms with van der Waals surface area (Å²) < 4.78 is 11.5. The first kappa shape index (κ1) is 12.7. The molecule has 0 saturated heterocycles. The lowest BCUT2D eigenvalue weighted by atomic mass is 9.93. The van der Waals surface area contributed by atoms with Crippen LogP contribution in [0.25, 0.3) is 0 Å². The highest BCUT2D eigenvalue weighted by Gasteiger charge is 2.39. The van der Waals surface area contributed by atoms with Crippen LogP contribution >= 0.6 is 0 Å². The highest BCUT2D eigenvalue weighted by atomic mass is 16.6. The van der Waals surface area contributed by atoms with Crippen LogP contribution in [-0.2, 0) is 4.79 Å². The molecule has 4 nitrogen and oxygen atoms in total. The Kier molecular flexibility index (Phi) is 3.09. The standard InChI is InChI=1S/C17H19NO3/c19-17(14-8-11-5-6-12(14)7-11)18-9-13-10-20-15-3-1-2-4-16(15)21-13/h1-6,11-14H,7-10H2,(H,18,19). The van der Waals surface area contributed by atoms with Crippen molar-refractivity contribution in [2.75, 3.05) is 13.2 Å². The molecule has 3 aliphatic rings. The minimum Gasteiger partial charge on any atom is -0.486 e. The van der Waals surface area contributed by atoms with E-state index < -0.39 is 0 Å². The minimum atomic E-state index is -0.113. The van der Waals surface area contributed by atoms with Gasteiger partial charge in [-0.1, -0.05) is 24.3 Å². The summed E-state index contributed by atoms with van der Waals surface area (Å²) >= 11 is 0. The van der Waals surface area contributed by atoms with E-state index in [9.17, 15) is 4.79 Å². The van der Waals surface area contributed by atoms with Crippen molar-refractivity contribution in [3.05, 3.63) is 36.4 Å². The summed E-state index contributed by atoms with van der Waals surface area (Å²) in [5.74, 6) is 2.90. The van der Waals surface area contributed by atoms with E-state index in [2.05, 4.69) is 17.5 Å². The van der Waals surface area contributed by atoms with Gasteiger partial charge < -0.3 is 14.8 Å². The minimum absolute atomic E-state index is 0.113. The van der Waals surface area contributed by atoms with Gasteiger partial charge in [0.25, 0.3) is 0 Å². The van der Waals surface area contributed by atoms with Crippen LogP contribution < -0.4 is 14.8 Å². The van der Waals surface area contributed by atoms with Gasteiger partial charge in [0.15, 0.2) is 11.5 Å². The number of benzene rings is 1. The Labute approximate surface area is 124 Å². The average Bonchev–Trinajstić information content (AvgIpc) is 3.15. The van der Waals surface area contributed by atoms with Gasteiger partial charge in [0.1, 0.15) is 12.7 Å². The number of para-hydroxylation sites is 2. The van der Waals surface area contributed by atoms with Crippen molar-refractivity contribution in [2.24, 2.45) is 17.8 Å². The average molecular weight is 285 g/mol. The molecule has 1 fully saturated rings. The fourth-order valence-electron chi connectivity index (χ4n) is 3.59. The molecule has 1 aromatic carbocycles. The summed E-state index contributed by atoms with van der Waals surface area (Å²) in [7, 11) is 0. The topological polar surface area (TPSA) is 47.6 Å². The number of allylic oxidation sites excluding steroid dienone is 2. The van der Waals surface area contributed by atoms with E-state index in [1.807, 2.05) is 24.3 Å². The molecule has 1 N–H and O–H groups in total. The van der Waals surface area contributed by atoms with Crippen LogP contribution in [0.2, 0.25) is 0 Å². The first-order valence-electron chi connectivity index (χ1n) is 7.64. The van der Waals surface area contributed by atoms with Crippen molar-refractivity contribution in [3.63, 3.8) is 0 Å². The fraction of sp³-hybridized carbons (Fsp3) is 0.471. The molecule has 0 radical (unpaired) electrons. The number of hydrogen-bond donors (Lipinski definition) is 1. The Morgan fingerprint density at radius 2 is 2.05 bits per heavy atom. The normalized spacial score (nSPS) is 32.2. The van der Waals surface area contributed by atoms with E-state index in [0.717, 1.165) is 24.3 Å². The number of fused-ring (bicyclic) bond motifs is 3. The summed E-state index contributed by atoms with van der Waals surface area (Å²) in [5, 5.41) is 3.03. The molecule has 21 heavy (non-hydrogen) atoms. The van der Waals surface area contributed by atoms with Crippen molar-refractivity contribution in [1.29, 1.82) is 0 Å². The van der Waals surface area contributed by atoms with Crippen LogP contribution in [0, 0.1) is 17.8 Å². The van der Waals surface area contributed by atoms with Gasteiger partial charge in [0.2, 0.25) is 5.91 Å². The number of hydrogen-bond acceptors (Lipinski definition) is 3. The van der Waals surface area contributed by atoms with Gasteiger partial charge in [0, 0.05) is 5.92 Å². The molecule has 0 aromatic heterocycles. The lowest BCUT2D eigenvalue weighted by Crippen LogP contribution is -2.43. The van der Waals surface area contributed by atoms with E-state index in [4.69, 9.17) is 9.47 Å². The molecule has 4 rings (SSSR count). The maximum Gasteiger partial charge on any atom is 0.223 e. The second-order valence-corrected chi connectivity index (χ2v) is 6.13. The molecule has 2 bridgehead atoms. The predicted octanol–water partition coefficient (Wildman–Crippen LogP) is 2.15. The Bertz CT molecular complexity index is 583. The Balaban J connectivity index is 1.32. The van der Waals surface area contributed by atoms with Gasteiger partial charge in [-0.2, -0.15) is 0 Å². The molecule has 110 valence electrons. The third-order valence-corrected chi connectivity index (χ3v) is 4.69. The first-order valence-corrected chi connectivity index (χ1v) is 7.64. The molecule has 1 saturated carbocycles. The highest BCUT2D eigenvalue weighted by Crippen LogP contribution is 2.43. The summed E-state index contributed by atoms with van der Waals surface area (Å²) in [6.45, 7) is 0.985. The fourth-order valence-corrected chi connectivity index (χ4v) is 3.59. The van der Waals surface area contributed by atoms with Crippen molar-refractivity contribution < 1.29 is 14.3 Å². The summed E-state index contributed by atoms with van der Waals surface area (Å²) in [5.41, 5.74) is 0. The maximum atomic E-state index is 12.3. The van der Waals surface area contributed by atoms with E-state index in [0.29, 0.717) is 25.0 Å². The van der Waals surface area contributed by atoms with Crippen molar-refractivity contribution in [1.82, 2.24) is 5.32 Å². The molecule has 4 unspecified atom stereocenters. The molecular formula is C17H19NO3. The van der Waals surface area contributed by atoms with Crippen LogP contribution in [-0.4, -0.2) is 25.2 Å². The molecule has 0 spiro atoms. The summed E-state index contributed by atoms with van der Waals surface area (Å²) in [4.78, 5) is 12.3. The highest BCUT2D eigenvalue weighted by molar-refractivity contribution is 5.80. The van der Waals surface area contributed by atoms with Crippen molar-refractivity contribution in [3.8, 4) is 11.5 Å². The zero-order valence-electron chi connectivity index (χ0n) is 11.8. The number of carbonyl (C=O) groups excluding carboxylic acids is 1. The Hall–Kier alpha value is -1.97. The summed E-state index contributed by atoms with van der Waals surface area (Å²) in [6, 6.07) is 7.63. The van der Waals surface area contributed by atoms with E-state index in [1.165, 1.54) is 0 Å². The molecule has 2 aliphatic carbocycles.